The molecule has 6 nitrogen and oxygen atoms in total. The number of carboxylic acid groups (broad SMARTS) is 1. The fraction of sp³-hybridized carbons (Fsp3) is 0.379. The number of fused-ring (bicyclic) bond motifs is 1. The van der Waals surface area contributed by atoms with Gasteiger partial charge >= 0.3 is 5.97 Å². The number of piperidine rings is 1. The summed E-state index contributed by atoms with van der Waals surface area (Å²) >= 11 is 0. The van der Waals surface area contributed by atoms with E-state index in [1.807, 2.05) is 24.3 Å². The number of aliphatic carboxylic acids is 1. The SMILES string of the molecule is COc1ccc2nccc([C@@H](O)CC[C@@H]3CCN(CC#Cc4cccc(F)c4)C[C@@H]3CC(=O)O)c2c1. The van der Waals surface area contributed by atoms with E-state index in [0.717, 1.165) is 35.9 Å². The molecule has 0 unspecified atom stereocenters. The predicted octanol–water partition coefficient (Wildman–Crippen LogP) is 4.66. The van der Waals surface area contributed by atoms with Crippen molar-refractivity contribution >= 4 is 16.9 Å². The Labute approximate surface area is 210 Å². The van der Waals surface area contributed by atoms with Crippen molar-refractivity contribution in [2.24, 2.45) is 11.8 Å². The lowest BCUT2D eigenvalue weighted by molar-refractivity contribution is -0.139. The molecule has 0 saturated carbocycles. The molecule has 7 heteroatoms. The predicted molar refractivity (Wildman–Crippen MR) is 136 cm³/mol. The van der Waals surface area contributed by atoms with Gasteiger partial charge in [0.05, 0.1) is 25.3 Å². The van der Waals surface area contributed by atoms with Gasteiger partial charge in [0, 0.05) is 30.1 Å². The van der Waals surface area contributed by atoms with Crippen LogP contribution in [0.25, 0.3) is 10.9 Å². The molecule has 1 saturated heterocycles. The zero-order valence-corrected chi connectivity index (χ0v) is 20.4. The maximum absolute atomic E-state index is 13.4. The van der Waals surface area contributed by atoms with Crippen LogP contribution < -0.4 is 4.74 Å². The molecule has 0 bridgehead atoms. The van der Waals surface area contributed by atoms with Gasteiger partial charge in [-0.05, 0) is 85.7 Å². The van der Waals surface area contributed by atoms with Crippen LogP contribution in [0.2, 0.25) is 0 Å². The first-order valence-electron chi connectivity index (χ1n) is 12.2. The minimum atomic E-state index is -0.814. The first-order valence-corrected chi connectivity index (χ1v) is 12.2. The maximum atomic E-state index is 13.4. The summed E-state index contributed by atoms with van der Waals surface area (Å²) < 4.78 is 18.7. The van der Waals surface area contributed by atoms with Gasteiger partial charge in [0.25, 0.3) is 0 Å². The molecule has 3 aromatic rings. The topological polar surface area (TPSA) is 82.9 Å². The molecule has 2 N–H and O–H groups in total. The van der Waals surface area contributed by atoms with E-state index in [1.165, 1.54) is 12.1 Å². The van der Waals surface area contributed by atoms with E-state index in [9.17, 15) is 19.4 Å². The Balaban J connectivity index is 1.39. The molecule has 0 radical (unpaired) electrons. The number of carbonyl (C=O) groups is 1. The van der Waals surface area contributed by atoms with Gasteiger partial charge in [-0.25, -0.2) is 4.39 Å². The van der Waals surface area contributed by atoms with Crippen LogP contribution in [0.15, 0.2) is 54.7 Å². The van der Waals surface area contributed by atoms with E-state index in [2.05, 4.69) is 21.7 Å². The lowest BCUT2D eigenvalue weighted by atomic mass is 9.79. The number of ether oxygens (including phenoxy) is 1. The number of pyridine rings is 1. The number of hydrogen-bond acceptors (Lipinski definition) is 5. The number of aliphatic hydroxyl groups excluding tert-OH is 1. The normalized spacial score (nSPS) is 18.9. The first kappa shape index (κ1) is 25.6. The van der Waals surface area contributed by atoms with Crippen LogP contribution >= 0.6 is 0 Å². The number of carboxylic acids is 1. The number of methoxy groups -OCH3 is 1. The Bertz CT molecular complexity index is 1270. The van der Waals surface area contributed by atoms with Crippen LogP contribution in [0.1, 0.15) is 42.9 Å². The number of hydrogen-bond donors (Lipinski definition) is 2. The Kier molecular flexibility index (Phi) is 8.52. The number of aromatic nitrogens is 1. The molecular weight excluding hydrogens is 459 g/mol. The first-order chi connectivity index (χ1) is 17.4. The van der Waals surface area contributed by atoms with Crippen LogP contribution in [0.4, 0.5) is 4.39 Å². The molecule has 1 aliphatic heterocycles. The zero-order valence-electron chi connectivity index (χ0n) is 20.4. The molecule has 1 fully saturated rings. The van der Waals surface area contributed by atoms with Gasteiger partial charge in [-0.2, -0.15) is 0 Å². The van der Waals surface area contributed by atoms with Gasteiger partial charge in [-0.1, -0.05) is 17.9 Å². The van der Waals surface area contributed by atoms with E-state index in [4.69, 9.17) is 4.74 Å². The van der Waals surface area contributed by atoms with Crippen molar-refractivity contribution in [1.29, 1.82) is 0 Å². The number of aliphatic hydroxyl groups is 1. The number of nitrogens with zero attached hydrogens (tertiary/aromatic N) is 2. The second-order valence-corrected chi connectivity index (χ2v) is 9.33. The minimum Gasteiger partial charge on any atom is -0.497 e. The third-order valence-electron chi connectivity index (χ3n) is 6.92. The van der Waals surface area contributed by atoms with Crippen molar-refractivity contribution < 1.29 is 24.1 Å². The summed E-state index contributed by atoms with van der Waals surface area (Å²) in [7, 11) is 1.61. The monoisotopic (exact) mass is 490 g/mol. The molecule has 2 aromatic carbocycles. The highest BCUT2D eigenvalue weighted by Crippen LogP contribution is 2.34. The molecular formula is C29H31FN2O4. The van der Waals surface area contributed by atoms with Crippen molar-refractivity contribution in [2.75, 3.05) is 26.7 Å². The van der Waals surface area contributed by atoms with Crippen molar-refractivity contribution in [3.63, 3.8) is 0 Å². The molecule has 1 aliphatic rings. The number of likely N-dealkylation sites (tertiary alicyclic amines) is 1. The van der Waals surface area contributed by atoms with Gasteiger partial charge in [-0.15, -0.1) is 0 Å². The Morgan fingerprint density at radius 2 is 2.11 bits per heavy atom. The van der Waals surface area contributed by atoms with E-state index >= 15 is 0 Å². The summed E-state index contributed by atoms with van der Waals surface area (Å²) in [5.41, 5.74) is 2.23. The summed E-state index contributed by atoms with van der Waals surface area (Å²) in [6.07, 6.45) is 3.22. The Morgan fingerprint density at radius 1 is 1.25 bits per heavy atom. The average Bonchev–Trinajstić information content (AvgIpc) is 2.87. The van der Waals surface area contributed by atoms with Gasteiger partial charge < -0.3 is 14.9 Å². The van der Waals surface area contributed by atoms with E-state index in [-0.39, 0.29) is 24.1 Å². The fourth-order valence-corrected chi connectivity index (χ4v) is 5.05. The molecule has 0 amide bonds. The van der Waals surface area contributed by atoms with E-state index in [1.54, 1.807) is 25.4 Å². The third kappa shape index (κ3) is 6.60. The highest BCUT2D eigenvalue weighted by molar-refractivity contribution is 5.83. The molecule has 4 rings (SSSR count). The molecule has 1 aromatic heterocycles. The van der Waals surface area contributed by atoms with Gasteiger partial charge in [0.1, 0.15) is 11.6 Å². The van der Waals surface area contributed by atoms with Crippen molar-refractivity contribution in [3.8, 4) is 17.6 Å². The van der Waals surface area contributed by atoms with Crippen LogP contribution in [-0.2, 0) is 4.79 Å². The van der Waals surface area contributed by atoms with Crippen molar-refractivity contribution in [1.82, 2.24) is 9.88 Å². The highest BCUT2D eigenvalue weighted by atomic mass is 19.1. The van der Waals surface area contributed by atoms with Crippen LogP contribution in [0.5, 0.6) is 5.75 Å². The number of halogens is 1. The third-order valence-corrected chi connectivity index (χ3v) is 6.92. The van der Waals surface area contributed by atoms with E-state index < -0.39 is 12.1 Å². The molecule has 0 aliphatic carbocycles. The summed E-state index contributed by atoms with van der Waals surface area (Å²) in [5.74, 6) is 5.83. The summed E-state index contributed by atoms with van der Waals surface area (Å²) in [6.45, 7) is 1.96. The number of rotatable bonds is 8. The van der Waals surface area contributed by atoms with Gasteiger partial charge in [-0.3, -0.25) is 14.7 Å². The van der Waals surface area contributed by atoms with Crippen LogP contribution in [0, 0.1) is 29.5 Å². The standard InChI is InChI=1S/C29H31FN2O4/c1-36-24-8-9-27-26(18-24)25(11-13-31-27)28(33)10-7-21-12-15-32(19-22(21)17-29(34)35)14-3-5-20-4-2-6-23(30)16-20/h2,4,6,8-9,11,13,16,18,21-22,28,33H,7,10,12,14-15,17,19H2,1H3,(H,34,35)/t21-,22+,28+/m1/s1. The Hall–Kier alpha value is -3.47. The molecule has 3 atom stereocenters. The lowest BCUT2D eigenvalue weighted by Gasteiger charge is -2.37. The second kappa shape index (κ2) is 12.0. The fourth-order valence-electron chi connectivity index (χ4n) is 5.05. The minimum absolute atomic E-state index is 0.0197. The quantitative estimate of drug-likeness (QED) is 0.447. The van der Waals surface area contributed by atoms with Gasteiger partial charge in [0.2, 0.25) is 0 Å². The molecule has 2 heterocycles. The van der Waals surface area contributed by atoms with Gasteiger partial charge in [0.15, 0.2) is 0 Å². The molecule has 36 heavy (non-hydrogen) atoms. The maximum Gasteiger partial charge on any atom is 0.303 e. The highest BCUT2D eigenvalue weighted by Gasteiger charge is 2.31. The summed E-state index contributed by atoms with van der Waals surface area (Å²) in [5, 5.41) is 21.4. The van der Waals surface area contributed by atoms with Crippen molar-refractivity contribution in [3.05, 3.63) is 71.7 Å². The summed E-state index contributed by atoms with van der Waals surface area (Å²) in [4.78, 5) is 18.1. The molecule has 188 valence electrons. The average molecular weight is 491 g/mol. The second-order valence-electron chi connectivity index (χ2n) is 9.33. The van der Waals surface area contributed by atoms with Crippen molar-refractivity contribution in [2.45, 2.75) is 31.8 Å². The van der Waals surface area contributed by atoms with Crippen LogP contribution in [0.3, 0.4) is 0 Å². The number of benzene rings is 2. The molecule has 0 spiro atoms. The van der Waals surface area contributed by atoms with E-state index in [0.29, 0.717) is 30.8 Å². The lowest BCUT2D eigenvalue weighted by Crippen LogP contribution is -2.41. The largest absolute Gasteiger partial charge is 0.497 e. The Morgan fingerprint density at radius 3 is 2.89 bits per heavy atom. The summed E-state index contributed by atoms with van der Waals surface area (Å²) in [6, 6.07) is 13.6. The van der Waals surface area contributed by atoms with Crippen LogP contribution in [-0.4, -0.2) is 52.8 Å². The zero-order chi connectivity index (χ0) is 25.5. The smallest absolute Gasteiger partial charge is 0.303 e.